The Morgan fingerprint density at radius 2 is 1.83 bits per heavy atom. The van der Waals surface area contributed by atoms with Gasteiger partial charge in [0.1, 0.15) is 8.07 Å². The summed E-state index contributed by atoms with van der Waals surface area (Å²) in [6.45, 7) is 10.7. The van der Waals surface area contributed by atoms with Crippen molar-refractivity contribution in [3.63, 3.8) is 0 Å². The molecular formula is C21H32O2Si. The predicted octanol–water partition coefficient (Wildman–Crippen LogP) is 5.16. The van der Waals surface area contributed by atoms with E-state index in [1.165, 1.54) is 36.8 Å². The van der Waals surface area contributed by atoms with Gasteiger partial charge in [0.05, 0.1) is 7.11 Å². The number of carbonyl (C=O) groups is 1. The Hall–Kier alpha value is -1.61. The number of hydrogen-bond acceptors (Lipinski definition) is 2. The maximum absolute atomic E-state index is 12.4. The van der Waals surface area contributed by atoms with Crippen molar-refractivity contribution in [2.75, 3.05) is 7.11 Å². The summed E-state index contributed by atoms with van der Waals surface area (Å²) in [5.41, 5.74) is 0.824. The van der Waals surface area contributed by atoms with Gasteiger partial charge in [-0.3, -0.25) is 0 Å². The number of benzene rings is 1. The molecule has 0 bridgehead atoms. The minimum atomic E-state index is -1.92. The zero-order chi connectivity index (χ0) is 18.0. The first-order valence-electron chi connectivity index (χ1n) is 8.96. The molecule has 0 saturated heterocycles. The number of carbonyl (C=O) groups excluding carboxylic acids is 1. The third kappa shape index (κ3) is 5.48. The summed E-state index contributed by atoms with van der Waals surface area (Å²) in [7, 11) is -0.448. The van der Waals surface area contributed by atoms with Gasteiger partial charge in [-0.1, -0.05) is 86.1 Å². The fraction of sp³-hybridized carbons (Fsp3) is 0.476. The van der Waals surface area contributed by atoms with E-state index in [-0.39, 0.29) is 5.97 Å². The number of rotatable bonds is 10. The van der Waals surface area contributed by atoms with E-state index in [4.69, 9.17) is 4.74 Å². The predicted molar refractivity (Wildman–Crippen MR) is 106 cm³/mol. The van der Waals surface area contributed by atoms with Crippen LogP contribution in [0.25, 0.3) is 0 Å². The number of unbranched alkanes of at least 4 members (excludes halogenated alkanes) is 3. The van der Waals surface area contributed by atoms with E-state index in [2.05, 4.69) is 50.9 Å². The molecule has 3 heteroatoms. The summed E-state index contributed by atoms with van der Waals surface area (Å²) >= 11 is 0. The Morgan fingerprint density at radius 3 is 2.38 bits per heavy atom. The largest absolute Gasteiger partial charge is 0.466 e. The molecule has 0 unspecified atom stereocenters. The van der Waals surface area contributed by atoms with Crippen molar-refractivity contribution in [1.29, 1.82) is 0 Å². The summed E-state index contributed by atoms with van der Waals surface area (Å²) in [5.74, 6) is -0.197. The zero-order valence-electron chi connectivity index (χ0n) is 15.7. The van der Waals surface area contributed by atoms with Crippen molar-refractivity contribution in [1.82, 2.24) is 0 Å². The van der Waals surface area contributed by atoms with Crippen molar-refractivity contribution in [3.8, 4) is 0 Å². The molecule has 0 aliphatic rings. The van der Waals surface area contributed by atoms with Crippen molar-refractivity contribution in [2.24, 2.45) is 0 Å². The van der Waals surface area contributed by atoms with Gasteiger partial charge in [0, 0.05) is 5.57 Å². The van der Waals surface area contributed by atoms with Crippen LogP contribution < -0.4 is 5.19 Å². The number of hydrogen-bond donors (Lipinski definition) is 0. The van der Waals surface area contributed by atoms with Crippen LogP contribution in [-0.2, 0) is 9.53 Å². The highest BCUT2D eigenvalue weighted by Crippen LogP contribution is 2.27. The van der Waals surface area contributed by atoms with Crippen LogP contribution in [0.5, 0.6) is 0 Å². The van der Waals surface area contributed by atoms with Gasteiger partial charge in [0.15, 0.2) is 0 Å². The van der Waals surface area contributed by atoms with Crippen LogP contribution in [0.1, 0.15) is 45.4 Å². The second kappa shape index (κ2) is 10.3. The monoisotopic (exact) mass is 344 g/mol. The quantitative estimate of drug-likeness (QED) is 0.193. The highest BCUT2D eigenvalue weighted by Gasteiger charge is 2.32. The van der Waals surface area contributed by atoms with Crippen molar-refractivity contribution in [2.45, 2.75) is 58.5 Å². The Labute approximate surface area is 148 Å². The molecule has 0 aromatic heterocycles. The number of methoxy groups -OCH3 is 1. The molecule has 0 fully saturated rings. The van der Waals surface area contributed by atoms with Crippen molar-refractivity contribution < 1.29 is 9.53 Å². The standard InChI is InChI=1S/C21H32O2Si/c1-6-8-9-13-17-20(19(14-7-2)21(22)23-3)24(4,5)18-15-11-10-12-16-18/h7,10-12,15-16H,2,6,8-9,13-14,17H2,1,3-5H3/b20-19-. The third-order valence-electron chi connectivity index (χ3n) is 4.67. The molecule has 0 radical (unpaired) electrons. The molecule has 0 atom stereocenters. The highest BCUT2D eigenvalue weighted by molar-refractivity contribution is 6.96. The van der Waals surface area contributed by atoms with Crippen molar-refractivity contribution >= 4 is 19.2 Å². The fourth-order valence-electron chi connectivity index (χ4n) is 3.20. The maximum atomic E-state index is 12.4. The van der Waals surface area contributed by atoms with Gasteiger partial charge >= 0.3 is 5.97 Å². The minimum absolute atomic E-state index is 0.197. The normalized spacial score (nSPS) is 12.5. The molecular weight excluding hydrogens is 312 g/mol. The van der Waals surface area contributed by atoms with Gasteiger partial charge < -0.3 is 4.74 Å². The second-order valence-corrected chi connectivity index (χ2v) is 11.2. The lowest BCUT2D eigenvalue weighted by Crippen LogP contribution is -2.45. The number of ether oxygens (including phenoxy) is 1. The first kappa shape index (κ1) is 20.4. The molecule has 132 valence electrons. The van der Waals surface area contributed by atoms with Gasteiger partial charge in [-0.2, -0.15) is 0 Å². The topological polar surface area (TPSA) is 26.3 Å². The van der Waals surface area contributed by atoms with Crippen LogP contribution in [-0.4, -0.2) is 21.2 Å². The molecule has 0 saturated carbocycles. The lowest BCUT2D eigenvalue weighted by atomic mass is 10.1. The van der Waals surface area contributed by atoms with Gasteiger partial charge in [-0.05, 0) is 19.3 Å². The van der Waals surface area contributed by atoms with E-state index in [0.717, 1.165) is 18.4 Å². The van der Waals surface area contributed by atoms with Crippen LogP contribution in [0, 0.1) is 0 Å². The summed E-state index contributed by atoms with van der Waals surface area (Å²) < 4.78 is 5.08. The zero-order valence-corrected chi connectivity index (χ0v) is 16.7. The molecule has 0 amide bonds. The average Bonchev–Trinajstić information content (AvgIpc) is 2.60. The first-order chi connectivity index (χ1) is 11.5. The Morgan fingerprint density at radius 1 is 1.17 bits per heavy atom. The third-order valence-corrected chi connectivity index (χ3v) is 8.51. The van der Waals surface area contributed by atoms with Crippen LogP contribution >= 0.6 is 0 Å². The van der Waals surface area contributed by atoms with Crippen molar-refractivity contribution in [3.05, 3.63) is 53.8 Å². The molecule has 1 rings (SSSR count). The Balaban J connectivity index is 3.29. The summed E-state index contributed by atoms with van der Waals surface area (Å²) in [6.07, 6.45) is 8.18. The summed E-state index contributed by atoms with van der Waals surface area (Å²) in [6, 6.07) is 10.6. The van der Waals surface area contributed by atoms with E-state index in [1.54, 1.807) is 0 Å². The highest BCUT2D eigenvalue weighted by atomic mass is 28.3. The molecule has 0 spiro atoms. The van der Waals surface area contributed by atoms with Crippen LogP contribution in [0.3, 0.4) is 0 Å². The lowest BCUT2D eigenvalue weighted by molar-refractivity contribution is -0.136. The van der Waals surface area contributed by atoms with Gasteiger partial charge in [-0.25, -0.2) is 4.79 Å². The Bertz CT molecular complexity index is 558. The first-order valence-corrected chi connectivity index (χ1v) is 12.0. The second-order valence-electron chi connectivity index (χ2n) is 6.74. The van der Waals surface area contributed by atoms with Gasteiger partial charge in [-0.15, -0.1) is 6.58 Å². The molecule has 0 aliphatic heterocycles. The van der Waals surface area contributed by atoms with E-state index in [0.29, 0.717) is 6.42 Å². The van der Waals surface area contributed by atoms with E-state index in [9.17, 15) is 4.79 Å². The number of allylic oxidation sites excluding steroid dienone is 2. The summed E-state index contributed by atoms with van der Waals surface area (Å²) in [5, 5.41) is 2.68. The SMILES string of the molecule is C=CC/C(C(=O)OC)=C(\CCCCCC)[Si](C)(C)c1ccccc1. The minimum Gasteiger partial charge on any atom is -0.466 e. The molecule has 0 aliphatic carbocycles. The average molecular weight is 345 g/mol. The lowest BCUT2D eigenvalue weighted by Gasteiger charge is -2.29. The maximum Gasteiger partial charge on any atom is 0.333 e. The van der Waals surface area contributed by atoms with Crippen LogP contribution in [0.15, 0.2) is 53.8 Å². The molecule has 1 aromatic rings. The van der Waals surface area contributed by atoms with Gasteiger partial charge in [0.25, 0.3) is 0 Å². The fourth-order valence-corrected chi connectivity index (χ4v) is 6.33. The molecule has 2 nitrogen and oxygen atoms in total. The van der Waals surface area contributed by atoms with E-state index < -0.39 is 8.07 Å². The molecule has 1 aromatic carbocycles. The van der Waals surface area contributed by atoms with Crippen LogP contribution in [0.2, 0.25) is 13.1 Å². The van der Waals surface area contributed by atoms with Crippen LogP contribution in [0.4, 0.5) is 0 Å². The molecule has 0 heterocycles. The van der Waals surface area contributed by atoms with E-state index >= 15 is 0 Å². The number of esters is 1. The molecule has 24 heavy (non-hydrogen) atoms. The van der Waals surface area contributed by atoms with Gasteiger partial charge in [0.2, 0.25) is 0 Å². The molecule has 0 N–H and O–H groups in total. The smallest absolute Gasteiger partial charge is 0.333 e. The Kier molecular flexibility index (Phi) is 8.76. The van der Waals surface area contributed by atoms with E-state index in [1.807, 2.05) is 12.1 Å². The summed E-state index contributed by atoms with van der Waals surface area (Å²) in [4.78, 5) is 12.4.